The van der Waals surface area contributed by atoms with Gasteiger partial charge in [0.25, 0.3) is 5.91 Å². The number of amides is 1. The zero-order valence-corrected chi connectivity index (χ0v) is 12.3. The first-order chi connectivity index (χ1) is 10.7. The number of rotatable bonds is 6. The minimum absolute atomic E-state index is 0.134. The highest BCUT2D eigenvalue weighted by Crippen LogP contribution is 2.09. The van der Waals surface area contributed by atoms with Crippen LogP contribution in [0.4, 0.5) is 0 Å². The second-order valence-electron chi connectivity index (χ2n) is 4.62. The van der Waals surface area contributed by atoms with Gasteiger partial charge < -0.3 is 9.64 Å². The summed E-state index contributed by atoms with van der Waals surface area (Å²) in [4.78, 5) is 33.6. The molecule has 6 nitrogen and oxygen atoms in total. The summed E-state index contributed by atoms with van der Waals surface area (Å²) in [5.41, 5.74) is 1.23. The largest absolute Gasteiger partial charge is 0.469 e. The number of hydrogen-bond acceptors (Lipinski definition) is 5. The number of carbonyl (C=O) groups is 2. The number of pyridine rings is 2. The summed E-state index contributed by atoms with van der Waals surface area (Å²) >= 11 is 0. The van der Waals surface area contributed by atoms with Crippen LogP contribution in [0, 0.1) is 0 Å². The maximum Gasteiger partial charge on any atom is 0.307 e. The molecule has 114 valence electrons. The van der Waals surface area contributed by atoms with E-state index >= 15 is 0 Å². The lowest BCUT2D eigenvalue weighted by Crippen LogP contribution is -2.33. The highest BCUT2D eigenvalue weighted by Gasteiger charge is 2.18. The van der Waals surface area contributed by atoms with Crippen molar-refractivity contribution in [1.29, 1.82) is 0 Å². The van der Waals surface area contributed by atoms with Gasteiger partial charge >= 0.3 is 5.97 Å². The van der Waals surface area contributed by atoms with Crippen molar-refractivity contribution >= 4 is 11.9 Å². The van der Waals surface area contributed by atoms with Crippen LogP contribution < -0.4 is 0 Å². The van der Waals surface area contributed by atoms with Crippen LogP contribution in [0.5, 0.6) is 0 Å². The molecule has 0 radical (unpaired) electrons. The van der Waals surface area contributed by atoms with Crippen molar-refractivity contribution in [2.75, 3.05) is 13.7 Å². The van der Waals surface area contributed by atoms with E-state index in [9.17, 15) is 9.59 Å². The molecule has 0 N–H and O–H groups in total. The van der Waals surface area contributed by atoms with Crippen LogP contribution in [0.25, 0.3) is 0 Å². The Balaban J connectivity index is 2.13. The average Bonchev–Trinajstić information content (AvgIpc) is 2.59. The van der Waals surface area contributed by atoms with Gasteiger partial charge in [-0.25, -0.2) is 0 Å². The summed E-state index contributed by atoms with van der Waals surface area (Å²) in [7, 11) is 1.33. The van der Waals surface area contributed by atoms with Crippen molar-refractivity contribution < 1.29 is 14.3 Å². The molecule has 2 heterocycles. The van der Waals surface area contributed by atoms with Crippen molar-refractivity contribution in [3.8, 4) is 0 Å². The van der Waals surface area contributed by atoms with E-state index in [4.69, 9.17) is 0 Å². The Hall–Kier alpha value is -2.76. The second-order valence-corrected chi connectivity index (χ2v) is 4.62. The predicted molar refractivity (Wildman–Crippen MR) is 79.8 cm³/mol. The number of ether oxygens (including phenoxy) is 1. The highest BCUT2D eigenvalue weighted by molar-refractivity contribution is 5.94. The van der Waals surface area contributed by atoms with Gasteiger partial charge in [0.05, 0.1) is 31.3 Å². The molecule has 0 aliphatic rings. The molecule has 0 aliphatic heterocycles. The molecule has 2 aromatic rings. The molecule has 0 aliphatic carbocycles. The molecule has 0 spiro atoms. The molecule has 0 unspecified atom stereocenters. The number of carbonyl (C=O) groups excluding carboxylic acids is 2. The lowest BCUT2D eigenvalue weighted by molar-refractivity contribution is -0.140. The maximum absolute atomic E-state index is 12.6. The third-order valence-corrected chi connectivity index (χ3v) is 3.09. The van der Waals surface area contributed by atoms with E-state index in [2.05, 4.69) is 14.7 Å². The molecule has 0 fully saturated rings. The van der Waals surface area contributed by atoms with Gasteiger partial charge in [-0.05, 0) is 24.3 Å². The molecule has 2 aromatic heterocycles. The average molecular weight is 299 g/mol. The molecule has 6 heteroatoms. The van der Waals surface area contributed by atoms with Crippen LogP contribution in [0.3, 0.4) is 0 Å². The Bertz CT molecular complexity index is 617. The first-order valence-electron chi connectivity index (χ1n) is 6.86. The zero-order chi connectivity index (χ0) is 15.8. The minimum atomic E-state index is -0.356. The Morgan fingerprint density at radius 3 is 2.68 bits per heavy atom. The number of nitrogens with zero attached hydrogens (tertiary/aromatic N) is 3. The lowest BCUT2D eigenvalue weighted by atomic mass is 10.2. The summed E-state index contributed by atoms with van der Waals surface area (Å²) in [6.45, 7) is 0.586. The monoisotopic (exact) mass is 299 g/mol. The fraction of sp³-hybridized carbons (Fsp3) is 0.250. The third kappa shape index (κ3) is 4.37. The van der Waals surface area contributed by atoms with Gasteiger partial charge in [0.1, 0.15) is 0 Å². The van der Waals surface area contributed by atoms with Crippen molar-refractivity contribution in [3.63, 3.8) is 0 Å². The Labute approximate surface area is 128 Å². The molecule has 0 aromatic carbocycles. The van der Waals surface area contributed by atoms with E-state index in [1.54, 1.807) is 29.4 Å². The summed E-state index contributed by atoms with van der Waals surface area (Å²) in [6.07, 6.45) is 4.91. The predicted octanol–water partition coefficient (Wildman–Crippen LogP) is 1.68. The summed E-state index contributed by atoms with van der Waals surface area (Å²) in [6, 6.07) is 8.90. The van der Waals surface area contributed by atoms with Crippen LogP contribution in [-0.2, 0) is 16.1 Å². The topological polar surface area (TPSA) is 72.4 Å². The summed E-state index contributed by atoms with van der Waals surface area (Å²) in [5, 5.41) is 0. The summed E-state index contributed by atoms with van der Waals surface area (Å²) in [5.74, 6) is -0.548. The normalized spacial score (nSPS) is 10.0. The second kappa shape index (κ2) is 7.87. The van der Waals surface area contributed by atoms with Crippen molar-refractivity contribution in [2.24, 2.45) is 0 Å². The van der Waals surface area contributed by atoms with E-state index in [0.29, 0.717) is 12.1 Å². The Morgan fingerprint density at radius 1 is 1.18 bits per heavy atom. The van der Waals surface area contributed by atoms with Crippen LogP contribution in [0.15, 0.2) is 48.9 Å². The number of hydrogen-bond donors (Lipinski definition) is 0. The molecule has 2 rings (SSSR count). The Morgan fingerprint density at radius 2 is 2.05 bits per heavy atom. The lowest BCUT2D eigenvalue weighted by Gasteiger charge is -2.21. The molecule has 0 saturated carbocycles. The van der Waals surface area contributed by atoms with Crippen molar-refractivity contribution in [1.82, 2.24) is 14.9 Å². The molecule has 1 amide bonds. The number of methoxy groups -OCH3 is 1. The van der Waals surface area contributed by atoms with Crippen LogP contribution in [0.1, 0.15) is 22.5 Å². The minimum Gasteiger partial charge on any atom is -0.469 e. The third-order valence-electron chi connectivity index (χ3n) is 3.09. The SMILES string of the molecule is COC(=O)CCN(Cc1ccccn1)C(=O)c1cccnc1. The molecular weight excluding hydrogens is 282 g/mol. The highest BCUT2D eigenvalue weighted by atomic mass is 16.5. The van der Waals surface area contributed by atoms with E-state index in [1.165, 1.54) is 13.3 Å². The zero-order valence-electron chi connectivity index (χ0n) is 12.3. The smallest absolute Gasteiger partial charge is 0.307 e. The van der Waals surface area contributed by atoms with Crippen molar-refractivity contribution in [2.45, 2.75) is 13.0 Å². The summed E-state index contributed by atoms with van der Waals surface area (Å²) < 4.78 is 4.63. The first kappa shape index (κ1) is 15.6. The molecule has 0 atom stereocenters. The maximum atomic E-state index is 12.6. The standard InChI is InChI=1S/C16H17N3O3/c1-22-15(20)7-10-19(12-14-6-2-3-9-18-14)16(21)13-5-4-8-17-11-13/h2-6,8-9,11H,7,10,12H2,1H3. The Kier molecular flexibility index (Phi) is 5.59. The van der Waals surface area contributed by atoms with Gasteiger partial charge in [-0.15, -0.1) is 0 Å². The number of aromatic nitrogens is 2. The van der Waals surface area contributed by atoms with Gasteiger partial charge in [0, 0.05) is 25.1 Å². The van der Waals surface area contributed by atoms with E-state index in [0.717, 1.165) is 5.69 Å². The molecule has 22 heavy (non-hydrogen) atoms. The molecular formula is C16H17N3O3. The van der Waals surface area contributed by atoms with Gasteiger partial charge in [-0.3, -0.25) is 19.6 Å². The van der Waals surface area contributed by atoms with Crippen LogP contribution in [-0.4, -0.2) is 40.4 Å². The van der Waals surface area contributed by atoms with Crippen molar-refractivity contribution in [3.05, 3.63) is 60.2 Å². The van der Waals surface area contributed by atoms with Gasteiger partial charge in [-0.2, -0.15) is 0 Å². The van der Waals surface area contributed by atoms with E-state index < -0.39 is 0 Å². The van der Waals surface area contributed by atoms with Crippen LogP contribution in [0.2, 0.25) is 0 Å². The van der Waals surface area contributed by atoms with Crippen LogP contribution >= 0.6 is 0 Å². The van der Waals surface area contributed by atoms with E-state index in [1.807, 2.05) is 18.2 Å². The van der Waals surface area contributed by atoms with Gasteiger partial charge in [0.2, 0.25) is 0 Å². The van der Waals surface area contributed by atoms with Gasteiger partial charge in [0.15, 0.2) is 0 Å². The molecule has 0 saturated heterocycles. The fourth-order valence-corrected chi connectivity index (χ4v) is 1.94. The molecule has 0 bridgehead atoms. The number of esters is 1. The van der Waals surface area contributed by atoms with E-state index in [-0.39, 0.29) is 24.8 Å². The fourth-order valence-electron chi connectivity index (χ4n) is 1.94. The first-order valence-corrected chi connectivity index (χ1v) is 6.86. The van der Waals surface area contributed by atoms with Gasteiger partial charge in [-0.1, -0.05) is 6.07 Å². The quantitative estimate of drug-likeness (QED) is 0.759.